The Bertz CT molecular complexity index is 719. The Morgan fingerprint density at radius 1 is 1.27 bits per heavy atom. The van der Waals surface area contributed by atoms with Crippen LogP contribution in [-0.4, -0.2) is 32.6 Å². The van der Waals surface area contributed by atoms with Crippen molar-refractivity contribution in [2.24, 2.45) is 5.41 Å². The van der Waals surface area contributed by atoms with Crippen LogP contribution in [-0.2, 0) is 0 Å². The molecule has 2 atom stereocenters. The third-order valence-corrected chi connectivity index (χ3v) is 4.49. The maximum atomic E-state index is 13.5. The second-order valence-corrected chi connectivity index (χ2v) is 7.70. The average molecular weight is 385 g/mol. The minimum absolute atomic E-state index is 0.0924. The third kappa shape index (κ3) is 5.41. The smallest absolute Gasteiger partial charge is 0.183 e. The predicted octanol–water partition coefficient (Wildman–Crippen LogP) is 4.04. The number of ether oxygens (including phenoxy) is 1. The lowest BCUT2D eigenvalue weighted by molar-refractivity contribution is 0.00512. The summed E-state index contributed by atoms with van der Waals surface area (Å²) in [6.07, 6.45) is 2.73. The molecule has 0 radical (unpaired) electrons. The molecule has 144 valence electrons. The van der Waals surface area contributed by atoms with Gasteiger partial charge >= 0.3 is 0 Å². The van der Waals surface area contributed by atoms with Crippen molar-refractivity contribution < 1.29 is 18.6 Å². The number of unbranched alkanes of at least 4 members (excludes halogenated alkanes) is 1. The van der Waals surface area contributed by atoms with Crippen LogP contribution in [0.5, 0.6) is 5.75 Å². The first-order valence-electron chi connectivity index (χ1n) is 8.54. The molecule has 5 nitrogen and oxygen atoms in total. The molecule has 0 spiro atoms. The SMILES string of the molecule is CC(C)(C)C(O)C(CCCCOc1cc(F)ccc1F)n1ncnc1S. The van der Waals surface area contributed by atoms with Crippen molar-refractivity contribution in [3.63, 3.8) is 0 Å². The van der Waals surface area contributed by atoms with E-state index in [-0.39, 0.29) is 23.8 Å². The van der Waals surface area contributed by atoms with Gasteiger partial charge in [0.2, 0.25) is 0 Å². The highest BCUT2D eigenvalue weighted by Gasteiger charge is 2.32. The maximum absolute atomic E-state index is 13.5. The minimum atomic E-state index is -0.642. The van der Waals surface area contributed by atoms with E-state index in [9.17, 15) is 13.9 Å². The van der Waals surface area contributed by atoms with E-state index in [0.29, 0.717) is 24.4 Å². The predicted molar refractivity (Wildman–Crippen MR) is 97.5 cm³/mol. The number of benzene rings is 1. The molecule has 1 heterocycles. The van der Waals surface area contributed by atoms with Crippen molar-refractivity contribution in [1.29, 1.82) is 0 Å². The number of hydrogen-bond acceptors (Lipinski definition) is 5. The first-order valence-corrected chi connectivity index (χ1v) is 8.99. The summed E-state index contributed by atoms with van der Waals surface area (Å²) in [6.45, 7) is 6.12. The van der Waals surface area contributed by atoms with Gasteiger partial charge in [-0.1, -0.05) is 20.8 Å². The molecule has 0 fully saturated rings. The first kappa shape index (κ1) is 20.6. The summed E-state index contributed by atoms with van der Waals surface area (Å²) >= 11 is 4.29. The van der Waals surface area contributed by atoms with E-state index in [2.05, 4.69) is 22.7 Å². The lowest BCUT2D eigenvalue weighted by atomic mass is 9.83. The van der Waals surface area contributed by atoms with E-state index in [1.165, 1.54) is 6.33 Å². The van der Waals surface area contributed by atoms with E-state index in [1.54, 1.807) is 4.68 Å². The van der Waals surface area contributed by atoms with Gasteiger partial charge in [0, 0.05) is 6.07 Å². The average Bonchev–Trinajstić information content (AvgIpc) is 2.98. The molecule has 0 bridgehead atoms. The quantitative estimate of drug-likeness (QED) is 0.532. The zero-order valence-electron chi connectivity index (χ0n) is 15.2. The zero-order valence-corrected chi connectivity index (χ0v) is 16.1. The normalized spacial score (nSPS) is 14.3. The highest BCUT2D eigenvalue weighted by Crippen LogP contribution is 2.32. The Morgan fingerprint density at radius 2 is 2.00 bits per heavy atom. The van der Waals surface area contributed by atoms with Crippen molar-refractivity contribution in [3.05, 3.63) is 36.2 Å². The second-order valence-electron chi connectivity index (χ2n) is 7.30. The molecule has 0 amide bonds. The van der Waals surface area contributed by atoms with Gasteiger partial charge in [-0.25, -0.2) is 18.4 Å². The largest absolute Gasteiger partial charge is 0.490 e. The fraction of sp³-hybridized carbons (Fsp3) is 0.556. The number of aliphatic hydroxyl groups excluding tert-OH is 1. The molecular weight excluding hydrogens is 360 g/mol. The van der Waals surface area contributed by atoms with Gasteiger partial charge in [-0.3, -0.25) is 0 Å². The van der Waals surface area contributed by atoms with Gasteiger partial charge in [0.25, 0.3) is 0 Å². The molecule has 1 N–H and O–H groups in total. The van der Waals surface area contributed by atoms with Gasteiger partial charge in [-0.05, 0) is 36.8 Å². The summed E-state index contributed by atoms with van der Waals surface area (Å²) in [4.78, 5) is 4.01. The highest BCUT2D eigenvalue weighted by molar-refractivity contribution is 7.80. The van der Waals surface area contributed by atoms with Crippen LogP contribution in [0.2, 0.25) is 0 Å². The molecule has 0 aliphatic carbocycles. The summed E-state index contributed by atoms with van der Waals surface area (Å²) in [6, 6.07) is 2.84. The third-order valence-electron chi connectivity index (χ3n) is 4.17. The van der Waals surface area contributed by atoms with Crippen LogP contribution < -0.4 is 4.74 Å². The van der Waals surface area contributed by atoms with Crippen LogP contribution in [0.1, 0.15) is 46.1 Å². The topological polar surface area (TPSA) is 60.2 Å². The van der Waals surface area contributed by atoms with E-state index >= 15 is 0 Å². The first-order chi connectivity index (χ1) is 12.2. The van der Waals surface area contributed by atoms with Gasteiger partial charge in [-0.15, -0.1) is 12.6 Å². The summed E-state index contributed by atoms with van der Waals surface area (Å²) in [5.74, 6) is -1.22. The molecule has 0 saturated carbocycles. The molecule has 1 aromatic heterocycles. The molecule has 2 unspecified atom stereocenters. The minimum Gasteiger partial charge on any atom is -0.490 e. The van der Waals surface area contributed by atoms with E-state index < -0.39 is 17.7 Å². The Labute approximate surface area is 157 Å². The Kier molecular flexibility index (Phi) is 7.00. The fourth-order valence-electron chi connectivity index (χ4n) is 2.69. The van der Waals surface area contributed by atoms with Crippen molar-refractivity contribution in [2.75, 3.05) is 6.61 Å². The van der Waals surface area contributed by atoms with Crippen LogP contribution in [0.15, 0.2) is 29.7 Å². The van der Waals surface area contributed by atoms with Gasteiger partial charge < -0.3 is 9.84 Å². The van der Waals surface area contributed by atoms with Gasteiger partial charge in [0.1, 0.15) is 12.1 Å². The molecule has 0 aliphatic heterocycles. The zero-order chi connectivity index (χ0) is 19.3. The van der Waals surface area contributed by atoms with Crippen LogP contribution in [0, 0.1) is 17.0 Å². The molecule has 2 aromatic rings. The van der Waals surface area contributed by atoms with Crippen molar-refractivity contribution in [1.82, 2.24) is 14.8 Å². The van der Waals surface area contributed by atoms with E-state index in [0.717, 1.165) is 18.2 Å². The number of thiol groups is 1. The number of aromatic nitrogens is 3. The number of nitrogens with zero attached hydrogens (tertiary/aromatic N) is 3. The van der Waals surface area contributed by atoms with Crippen molar-refractivity contribution >= 4 is 12.6 Å². The lowest BCUT2D eigenvalue weighted by Crippen LogP contribution is -2.36. The fourth-order valence-corrected chi connectivity index (χ4v) is 2.95. The molecule has 2 rings (SSSR count). The Morgan fingerprint density at radius 3 is 2.62 bits per heavy atom. The van der Waals surface area contributed by atoms with Crippen LogP contribution >= 0.6 is 12.6 Å². The number of rotatable bonds is 8. The second kappa shape index (κ2) is 8.81. The van der Waals surface area contributed by atoms with Gasteiger partial charge in [0.05, 0.1) is 18.8 Å². The highest BCUT2D eigenvalue weighted by atomic mass is 32.1. The molecule has 1 aromatic carbocycles. The summed E-state index contributed by atoms with van der Waals surface area (Å²) in [7, 11) is 0. The monoisotopic (exact) mass is 385 g/mol. The maximum Gasteiger partial charge on any atom is 0.183 e. The van der Waals surface area contributed by atoms with Crippen molar-refractivity contribution in [2.45, 2.75) is 57.3 Å². The Hall–Kier alpha value is -1.67. The lowest BCUT2D eigenvalue weighted by Gasteiger charge is -2.33. The summed E-state index contributed by atoms with van der Waals surface area (Å²) in [5.41, 5.74) is -0.335. The summed E-state index contributed by atoms with van der Waals surface area (Å²) < 4.78 is 33.6. The van der Waals surface area contributed by atoms with Crippen LogP contribution in [0.4, 0.5) is 8.78 Å². The molecular formula is C18H25F2N3O2S. The molecule has 26 heavy (non-hydrogen) atoms. The summed E-state index contributed by atoms with van der Waals surface area (Å²) in [5, 5.41) is 15.3. The van der Waals surface area contributed by atoms with Crippen LogP contribution in [0.3, 0.4) is 0 Å². The van der Waals surface area contributed by atoms with Crippen molar-refractivity contribution in [3.8, 4) is 5.75 Å². The van der Waals surface area contributed by atoms with E-state index in [1.807, 2.05) is 20.8 Å². The van der Waals surface area contributed by atoms with E-state index in [4.69, 9.17) is 4.74 Å². The number of hydrogen-bond donors (Lipinski definition) is 2. The number of halogens is 2. The van der Waals surface area contributed by atoms with Gasteiger partial charge in [0.15, 0.2) is 16.7 Å². The standard InChI is InChI=1S/C18H25F2N3O2S/c1-18(2,3)16(24)14(23-17(26)21-11-22-23)6-4-5-9-25-15-10-12(19)7-8-13(15)20/h7-8,10-11,14,16,24H,4-6,9H2,1-3H3,(H,21,22,26). The molecule has 0 saturated heterocycles. The van der Waals surface area contributed by atoms with Crippen LogP contribution in [0.25, 0.3) is 0 Å². The Balaban J connectivity index is 1.91. The van der Waals surface area contributed by atoms with Gasteiger partial charge in [-0.2, -0.15) is 5.10 Å². The molecule has 0 aliphatic rings. The molecule has 8 heteroatoms. The number of aliphatic hydroxyl groups is 1.